The molecule has 0 spiro atoms. The van der Waals surface area contributed by atoms with Gasteiger partial charge in [0.25, 0.3) is 0 Å². The molecule has 0 amide bonds. The number of ketones is 1. The molecule has 5 rings (SSSR count). The normalized spacial score (nSPS) is 21.9. The van der Waals surface area contributed by atoms with Crippen molar-refractivity contribution in [2.24, 2.45) is 0 Å². The van der Waals surface area contributed by atoms with Gasteiger partial charge in [-0.05, 0) is 42.2 Å². The van der Waals surface area contributed by atoms with Gasteiger partial charge in [0.2, 0.25) is 0 Å². The van der Waals surface area contributed by atoms with Crippen molar-refractivity contribution in [3.8, 4) is 0 Å². The zero-order valence-electron chi connectivity index (χ0n) is 18.2. The minimum absolute atomic E-state index is 0.0658. The van der Waals surface area contributed by atoms with Gasteiger partial charge >= 0.3 is 0 Å². The summed E-state index contributed by atoms with van der Waals surface area (Å²) in [4.78, 5) is 12.6. The number of fused-ring (bicyclic) bond motifs is 1. The second kappa shape index (κ2) is 8.14. The van der Waals surface area contributed by atoms with Crippen LogP contribution in [0.2, 0.25) is 0 Å². The van der Waals surface area contributed by atoms with Crippen molar-refractivity contribution in [3.63, 3.8) is 0 Å². The van der Waals surface area contributed by atoms with Crippen molar-refractivity contribution in [2.75, 3.05) is 6.61 Å². The van der Waals surface area contributed by atoms with Crippen molar-refractivity contribution in [2.45, 2.75) is 37.4 Å². The lowest BCUT2D eigenvalue weighted by Crippen LogP contribution is -2.35. The van der Waals surface area contributed by atoms with Gasteiger partial charge in [-0.25, -0.2) is 0 Å². The molecule has 2 aliphatic rings. The molecule has 0 N–H and O–H groups in total. The standard InChI is InChI=1S/C28H26O4/c1-27(2)31-25-20(18-24(29)26(25)32-27)19-30-28(21-12-6-3-7-13-21,22-14-8-4-9-15-22)23-16-10-5-11-17-23/h3-18,25-26H,19H2,1-2H3/t25-,26-/m1/s1. The summed E-state index contributed by atoms with van der Waals surface area (Å²) >= 11 is 0. The fraction of sp³-hybridized carbons (Fsp3) is 0.250. The highest BCUT2D eigenvalue weighted by Crippen LogP contribution is 2.42. The van der Waals surface area contributed by atoms with Gasteiger partial charge in [-0.1, -0.05) is 91.0 Å². The van der Waals surface area contributed by atoms with E-state index >= 15 is 0 Å². The van der Waals surface area contributed by atoms with Crippen LogP contribution in [0, 0.1) is 0 Å². The molecule has 4 heteroatoms. The lowest BCUT2D eigenvalue weighted by atomic mass is 9.80. The largest absolute Gasteiger partial charge is 0.356 e. The summed E-state index contributed by atoms with van der Waals surface area (Å²) in [5, 5.41) is 0. The molecule has 1 heterocycles. The van der Waals surface area contributed by atoms with Crippen molar-refractivity contribution < 1.29 is 19.0 Å². The van der Waals surface area contributed by atoms with Crippen LogP contribution in [0.3, 0.4) is 0 Å². The maximum absolute atomic E-state index is 12.6. The van der Waals surface area contributed by atoms with Gasteiger partial charge in [0.05, 0.1) is 6.61 Å². The highest BCUT2D eigenvalue weighted by molar-refractivity contribution is 5.98. The molecule has 1 aliphatic heterocycles. The number of rotatable bonds is 6. The number of hydrogen-bond acceptors (Lipinski definition) is 4. The zero-order chi connectivity index (χ0) is 22.2. The van der Waals surface area contributed by atoms with E-state index in [2.05, 4.69) is 36.4 Å². The summed E-state index contributed by atoms with van der Waals surface area (Å²) in [5.74, 6) is -0.858. The van der Waals surface area contributed by atoms with Crippen molar-refractivity contribution in [1.82, 2.24) is 0 Å². The Balaban J connectivity index is 1.58. The van der Waals surface area contributed by atoms with Gasteiger partial charge in [-0.2, -0.15) is 0 Å². The first-order valence-electron chi connectivity index (χ1n) is 10.9. The van der Waals surface area contributed by atoms with E-state index in [0.29, 0.717) is 0 Å². The van der Waals surface area contributed by atoms with Gasteiger partial charge in [0, 0.05) is 0 Å². The molecule has 0 unspecified atom stereocenters. The van der Waals surface area contributed by atoms with Crippen molar-refractivity contribution in [3.05, 3.63) is 119 Å². The first kappa shape index (κ1) is 20.8. The van der Waals surface area contributed by atoms with E-state index in [1.54, 1.807) is 6.08 Å². The van der Waals surface area contributed by atoms with Gasteiger partial charge in [-0.15, -0.1) is 0 Å². The van der Waals surface area contributed by atoms with E-state index < -0.39 is 23.6 Å². The fourth-order valence-electron chi connectivity index (χ4n) is 4.67. The van der Waals surface area contributed by atoms with E-state index in [1.807, 2.05) is 68.4 Å². The molecule has 2 atom stereocenters. The predicted molar refractivity (Wildman–Crippen MR) is 122 cm³/mol. The Kier molecular flexibility index (Phi) is 5.30. The van der Waals surface area contributed by atoms with Crippen LogP contribution >= 0.6 is 0 Å². The monoisotopic (exact) mass is 426 g/mol. The highest BCUT2D eigenvalue weighted by Gasteiger charge is 2.50. The summed E-state index contributed by atoms with van der Waals surface area (Å²) in [7, 11) is 0. The van der Waals surface area contributed by atoms with Crippen LogP contribution in [-0.2, 0) is 24.6 Å². The maximum atomic E-state index is 12.6. The number of ether oxygens (including phenoxy) is 3. The predicted octanol–water partition coefficient (Wildman–Crippen LogP) is 5.02. The molecule has 1 fully saturated rings. The van der Waals surface area contributed by atoms with Crippen LogP contribution in [0.1, 0.15) is 30.5 Å². The number of benzene rings is 3. The van der Waals surface area contributed by atoms with Gasteiger partial charge in [0.15, 0.2) is 17.7 Å². The second-order valence-electron chi connectivity index (χ2n) is 8.67. The smallest absolute Gasteiger partial charge is 0.187 e. The quantitative estimate of drug-likeness (QED) is 0.519. The third kappa shape index (κ3) is 3.61. The highest BCUT2D eigenvalue weighted by atomic mass is 16.8. The van der Waals surface area contributed by atoms with Crippen LogP contribution in [-0.4, -0.2) is 30.4 Å². The van der Waals surface area contributed by atoms with Crippen LogP contribution in [0.4, 0.5) is 0 Å². The van der Waals surface area contributed by atoms with Crippen LogP contribution in [0.25, 0.3) is 0 Å². The van der Waals surface area contributed by atoms with E-state index in [1.165, 1.54) is 0 Å². The third-order valence-electron chi connectivity index (χ3n) is 6.07. The molecule has 1 aliphatic carbocycles. The minimum atomic E-state index is -0.846. The first-order valence-corrected chi connectivity index (χ1v) is 10.9. The Morgan fingerprint density at radius 2 is 1.19 bits per heavy atom. The van der Waals surface area contributed by atoms with Gasteiger partial charge in [0.1, 0.15) is 11.7 Å². The molecule has 0 aromatic heterocycles. The van der Waals surface area contributed by atoms with Gasteiger partial charge in [-0.3, -0.25) is 4.79 Å². The molecule has 32 heavy (non-hydrogen) atoms. The Hall–Kier alpha value is -3.05. The van der Waals surface area contributed by atoms with Crippen molar-refractivity contribution in [1.29, 1.82) is 0 Å². The summed E-state index contributed by atoms with van der Waals surface area (Å²) in [6, 6.07) is 30.6. The molecular weight excluding hydrogens is 400 g/mol. The third-order valence-corrected chi connectivity index (χ3v) is 6.07. The van der Waals surface area contributed by atoms with Crippen molar-refractivity contribution >= 4 is 5.78 Å². The molecule has 3 aromatic rings. The molecule has 3 aromatic carbocycles. The van der Waals surface area contributed by atoms with Crippen LogP contribution in [0.5, 0.6) is 0 Å². The fourth-order valence-corrected chi connectivity index (χ4v) is 4.67. The summed E-state index contributed by atoms with van der Waals surface area (Å²) in [6.07, 6.45) is 0.608. The number of hydrogen-bond donors (Lipinski definition) is 0. The lowest BCUT2D eigenvalue weighted by Gasteiger charge is -2.36. The zero-order valence-corrected chi connectivity index (χ0v) is 18.2. The molecule has 162 valence electrons. The SMILES string of the molecule is CC1(C)O[C@@H]2C(=O)C=C(COC(c3ccccc3)(c3ccccc3)c3ccccc3)[C@H]2O1. The second-order valence-corrected chi connectivity index (χ2v) is 8.67. The Bertz CT molecular complexity index is 1020. The number of carbonyl (C=O) groups excluding carboxylic acids is 1. The van der Waals surface area contributed by atoms with E-state index in [0.717, 1.165) is 22.3 Å². The molecule has 0 radical (unpaired) electrons. The topological polar surface area (TPSA) is 44.8 Å². The summed E-state index contributed by atoms with van der Waals surface area (Å²) < 4.78 is 18.7. The van der Waals surface area contributed by atoms with Crippen LogP contribution < -0.4 is 0 Å². The van der Waals surface area contributed by atoms with Crippen LogP contribution in [0.15, 0.2) is 103 Å². The molecule has 4 nitrogen and oxygen atoms in total. The molecule has 0 bridgehead atoms. The lowest BCUT2D eigenvalue weighted by molar-refractivity contribution is -0.153. The summed E-state index contributed by atoms with van der Waals surface area (Å²) in [6.45, 7) is 3.91. The Morgan fingerprint density at radius 3 is 1.66 bits per heavy atom. The number of carbonyl (C=O) groups is 1. The minimum Gasteiger partial charge on any atom is -0.356 e. The first-order chi connectivity index (χ1) is 15.5. The maximum Gasteiger partial charge on any atom is 0.187 e. The van der Waals surface area contributed by atoms with E-state index in [-0.39, 0.29) is 12.4 Å². The van der Waals surface area contributed by atoms with E-state index in [9.17, 15) is 4.79 Å². The Morgan fingerprint density at radius 1 is 0.750 bits per heavy atom. The van der Waals surface area contributed by atoms with Gasteiger partial charge < -0.3 is 14.2 Å². The average Bonchev–Trinajstić information content (AvgIpc) is 3.29. The molecular formula is C28H26O4. The molecule has 1 saturated heterocycles. The summed E-state index contributed by atoms with van der Waals surface area (Å²) in [5.41, 5.74) is 3.01. The average molecular weight is 427 g/mol. The van der Waals surface area contributed by atoms with E-state index in [4.69, 9.17) is 14.2 Å². The molecule has 0 saturated carbocycles. The Labute approximate surface area is 188 Å².